The molecule has 0 spiro atoms. The summed E-state index contributed by atoms with van der Waals surface area (Å²) < 4.78 is 28.7. The third kappa shape index (κ3) is 2.66. The Hall–Kier alpha value is -2.70. The van der Waals surface area contributed by atoms with E-state index in [1.54, 1.807) is 18.2 Å². The van der Waals surface area contributed by atoms with Crippen molar-refractivity contribution in [1.82, 2.24) is 14.5 Å². The van der Waals surface area contributed by atoms with Crippen LogP contribution in [0.2, 0.25) is 0 Å². The number of rotatable bonds is 4. The van der Waals surface area contributed by atoms with Gasteiger partial charge in [-0.25, -0.2) is 17.9 Å². The number of benzene rings is 1. The minimum absolute atomic E-state index is 0.361. The quantitative estimate of drug-likeness (QED) is 0.849. The molecule has 0 amide bonds. The van der Waals surface area contributed by atoms with E-state index in [9.17, 15) is 18.3 Å². The first-order valence-corrected chi connectivity index (χ1v) is 8.62. The lowest BCUT2D eigenvalue weighted by molar-refractivity contribution is 0.0680. The van der Waals surface area contributed by atoms with E-state index in [1.807, 2.05) is 0 Å². The Kier molecular flexibility index (Phi) is 3.87. The molecule has 0 aliphatic heterocycles. The van der Waals surface area contributed by atoms with E-state index >= 15 is 0 Å². The van der Waals surface area contributed by atoms with Gasteiger partial charge in [-0.2, -0.15) is 10.4 Å². The molecule has 0 radical (unpaired) electrons. The van der Waals surface area contributed by atoms with Crippen LogP contribution in [0.1, 0.15) is 39.6 Å². The molecule has 24 heavy (non-hydrogen) atoms. The van der Waals surface area contributed by atoms with Crippen molar-refractivity contribution in [2.24, 2.45) is 7.05 Å². The summed E-state index contributed by atoms with van der Waals surface area (Å²) in [6.45, 7) is 0. The molecule has 1 unspecified atom stereocenters. The van der Waals surface area contributed by atoms with Gasteiger partial charge in [0.25, 0.3) is 0 Å². The van der Waals surface area contributed by atoms with Crippen LogP contribution in [0.15, 0.2) is 29.3 Å². The van der Waals surface area contributed by atoms with Gasteiger partial charge in [-0.1, -0.05) is 6.07 Å². The van der Waals surface area contributed by atoms with E-state index < -0.39 is 22.0 Å². The number of hydrogen-bond acceptors (Lipinski definition) is 5. The zero-order valence-corrected chi connectivity index (χ0v) is 13.5. The van der Waals surface area contributed by atoms with Crippen LogP contribution in [0.4, 0.5) is 0 Å². The number of carbonyl (C=O) groups is 1. The highest BCUT2D eigenvalue weighted by atomic mass is 32.2. The Morgan fingerprint density at radius 1 is 1.50 bits per heavy atom. The van der Waals surface area contributed by atoms with Crippen LogP contribution in [0, 0.1) is 11.3 Å². The molecule has 1 atom stereocenters. The zero-order chi connectivity index (χ0) is 17.5. The van der Waals surface area contributed by atoms with Crippen LogP contribution in [-0.4, -0.2) is 29.3 Å². The second kappa shape index (κ2) is 5.74. The van der Waals surface area contributed by atoms with Crippen LogP contribution in [0.3, 0.4) is 0 Å². The molecule has 0 fully saturated rings. The largest absolute Gasteiger partial charge is 0.476 e. The molecular weight excluding hydrogens is 332 g/mol. The average Bonchev–Trinajstić information content (AvgIpc) is 3.10. The standard InChI is InChI=1S/C15H14N4O4S/c1-19-14(15(20)21)13(8-17-19)24(22,23)18-12-5-3-10-6-9(7-16)2-4-11(10)12/h2,4,6,8,12,18H,3,5H2,1H3,(H,20,21). The number of nitriles is 1. The number of sulfonamides is 1. The lowest BCUT2D eigenvalue weighted by Crippen LogP contribution is -2.28. The number of aromatic nitrogens is 2. The van der Waals surface area contributed by atoms with Crippen molar-refractivity contribution in [2.75, 3.05) is 0 Å². The van der Waals surface area contributed by atoms with Crippen LogP contribution in [-0.2, 0) is 23.5 Å². The molecule has 1 aliphatic rings. The number of aryl methyl sites for hydroxylation is 2. The van der Waals surface area contributed by atoms with Crippen LogP contribution < -0.4 is 4.72 Å². The zero-order valence-electron chi connectivity index (χ0n) is 12.7. The van der Waals surface area contributed by atoms with Crippen molar-refractivity contribution in [3.05, 3.63) is 46.8 Å². The molecule has 2 aromatic rings. The van der Waals surface area contributed by atoms with Crippen LogP contribution in [0.25, 0.3) is 0 Å². The summed E-state index contributed by atoms with van der Waals surface area (Å²) in [6, 6.07) is 6.71. The van der Waals surface area contributed by atoms with Gasteiger partial charge in [0.15, 0.2) is 5.69 Å². The highest BCUT2D eigenvalue weighted by Gasteiger charge is 2.32. The predicted molar refractivity (Wildman–Crippen MR) is 82.7 cm³/mol. The van der Waals surface area contributed by atoms with Gasteiger partial charge in [-0.15, -0.1) is 0 Å². The monoisotopic (exact) mass is 346 g/mol. The van der Waals surface area contributed by atoms with Crippen LogP contribution >= 0.6 is 0 Å². The van der Waals surface area contributed by atoms with Gasteiger partial charge in [-0.3, -0.25) is 4.68 Å². The number of carboxylic acids is 1. The number of nitrogens with zero attached hydrogens (tertiary/aromatic N) is 3. The molecule has 9 heteroatoms. The average molecular weight is 346 g/mol. The van der Waals surface area contributed by atoms with Gasteiger partial charge in [0.1, 0.15) is 4.90 Å². The van der Waals surface area contributed by atoms with Crippen molar-refractivity contribution >= 4 is 16.0 Å². The van der Waals surface area contributed by atoms with Crippen molar-refractivity contribution in [3.8, 4) is 6.07 Å². The molecule has 1 aromatic carbocycles. The fraction of sp³-hybridized carbons (Fsp3) is 0.267. The van der Waals surface area contributed by atoms with E-state index in [4.69, 9.17) is 5.26 Å². The first-order valence-electron chi connectivity index (χ1n) is 7.14. The molecule has 1 heterocycles. The first-order chi connectivity index (χ1) is 11.3. The highest BCUT2D eigenvalue weighted by molar-refractivity contribution is 7.89. The van der Waals surface area contributed by atoms with E-state index in [0.29, 0.717) is 18.4 Å². The molecule has 3 rings (SSSR count). The van der Waals surface area contributed by atoms with Gasteiger partial charge >= 0.3 is 5.97 Å². The van der Waals surface area contributed by atoms with Gasteiger partial charge in [-0.05, 0) is 36.1 Å². The van der Waals surface area contributed by atoms with E-state index in [-0.39, 0.29) is 10.6 Å². The Morgan fingerprint density at radius 3 is 2.92 bits per heavy atom. The van der Waals surface area contributed by atoms with Gasteiger partial charge < -0.3 is 5.11 Å². The van der Waals surface area contributed by atoms with Gasteiger partial charge in [0.2, 0.25) is 10.0 Å². The van der Waals surface area contributed by atoms with Gasteiger partial charge in [0.05, 0.1) is 17.8 Å². The second-order valence-corrected chi connectivity index (χ2v) is 7.21. The summed E-state index contributed by atoms with van der Waals surface area (Å²) in [6.07, 6.45) is 2.23. The molecule has 1 aromatic heterocycles. The summed E-state index contributed by atoms with van der Waals surface area (Å²) >= 11 is 0. The lowest BCUT2D eigenvalue weighted by Gasteiger charge is -2.14. The third-order valence-electron chi connectivity index (χ3n) is 4.04. The first kappa shape index (κ1) is 16.2. The number of fused-ring (bicyclic) bond motifs is 1. The fourth-order valence-corrected chi connectivity index (χ4v) is 4.32. The molecule has 124 valence electrons. The lowest BCUT2D eigenvalue weighted by atomic mass is 10.1. The Labute approximate surface area is 138 Å². The van der Waals surface area contributed by atoms with Crippen molar-refractivity contribution in [2.45, 2.75) is 23.8 Å². The van der Waals surface area contributed by atoms with E-state index in [0.717, 1.165) is 22.0 Å². The Morgan fingerprint density at radius 2 is 2.25 bits per heavy atom. The SMILES string of the molecule is Cn1ncc(S(=O)(=O)NC2CCc3cc(C#N)ccc32)c1C(=O)O. The fourth-order valence-electron chi connectivity index (χ4n) is 2.92. The van der Waals surface area contributed by atoms with Crippen molar-refractivity contribution in [1.29, 1.82) is 5.26 Å². The highest BCUT2D eigenvalue weighted by Crippen LogP contribution is 2.33. The minimum atomic E-state index is -4.04. The van der Waals surface area contributed by atoms with Crippen molar-refractivity contribution in [3.63, 3.8) is 0 Å². The number of carboxylic acid groups (broad SMARTS) is 1. The minimum Gasteiger partial charge on any atom is -0.476 e. The molecule has 1 aliphatic carbocycles. The summed E-state index contributed by atoms with van der Waals surface area (Å²) in [5.41, 5.74) is 1.86. The normalized spacial score (nSPS) is 16.6. The summed E-state index contributed by atoms with van der Waals surface area (Å²) in [5, 5.41) is 21.8. The Bertz CT molecular complexity index is 972. The number of hydrogen-bond donors (Lipinski definition) is 2. The maximum absolute atomic E-state index is 12.6. The molecule has 0 bridgehead atoms. The molecule has 8 nitrogen and oxygen atoms in total. The molecule has 0 saturated heterocycles. The van der Waals surface area contributed by atoms with Crippen LogP contribution in [0.5, 0.6) is 0 Å². The van der Waals surface area contributed by atoms with Gasteiger partial charge in [0, 0.05) is 13.1 Å². The third-order valence-corrected chi connectivity index (χ3v) is 5.52. The maximum Gasteiger partial charge on any atom is 0.355 e. The predicted octanol–water partition coefficient (Wildman–Crippen LogP) is 0.956. The molecule has 0 saturated carbocycles. The number of nitrogens with one attached hydrogen (secondary N) is 1. The number of aromatic carboxylic acids is 1. The molecule has 2 N–H and O–H groups in total. The summed E-state index contributed by atoms with van der Waals surface area (Å²) in [4.78, 5) is 10.9. The topological polar surface area (TPSA) is 125 Å². The van der Waals surface area contributed by atoms with Crippen molar-refractivity contribution < 1.29 is 18.3 Å². The molecular formula is C15H14N4O4S. The summed E-state index contributed by atoms with van der Waals surface area (Å²) in [5.74, 6) is -1.36. The maximum atomic E-state index is 12.6. The smallest absolute Gasteiger partial charge is 0.355 e. The second-order valence-electron chi connectivity index (χ2n) is 5.52. The summed E-state index contributed by atoms with van der Waals surface area (Å²) in [7, 11) is -2.66. The van der Waals surface area contributed by atoms with E-state index in [1.165, 1.54) is 7.05 Å². The Balaban J connectivity index is 1.93. The van der Waals surface area contributed by atoms with E-state index in [2.05, 4.69) is 15.9 Å².